The Bertz CT molecular complexity index is 643. The summed E-state index contributed by atoms with van der Waals surface area (Å²) in [5.74, 6) is -1.64. The van der Waals surface area contributed by atoms with Crippen LogP contribution in [0.4, 0.5) is 0 Å². The molecule has 0 aromatic rings. The monoisotopic (exact) mass is 458 g/mol. The lowest BCUT2D eigenvalue weighted by atomic mass is 10.0. The average Bonchev–Trinajstić information content (AvgIpc) is 3.18. The molecule has 1 aliphatic rings. The summed E-state index contributed by atoms with van der Waals surface area (Å²) in [6.45, 7) is 7.80. The molecule has 178 valence electrons. The number of rotatable bonds is 12. The molecular formula is C21H38N4O5S. The molecule has 1 heterocycles. The first-order chi connectivity index (χ1) is 14.5. The van der Waals surface area contributed by atoms with Gasteiger partial charge in [-0.3, -0.25) is 14.4 Å². The quantitative estimate of drug-likeness (QED) is 0.339. The molecule has 5 N–H and O–H groups in total. The topological polar surface area (TPSA) is 142 Å². The summed E-state index contributed by atoms with van der Waals surface area (Å²) in [6, 6.07) is -3.25. The smallest absolute Gasteiger partial charge is 0.326 e. The zero-order valence-electron chi connectivity index (χ0n) is 19.2. The Kier molecular flexibility index (Phi) is 11.3. The number of likely N-dealkylation sites (tertiary alicyclic amines) is 1. The van der Waals surface area contributed by atoms with E-state index in [-0.39, 0.29) is 23.7 Å². The number of nitrogens with zero attached hydrogens (tertiary/aromatic N) is 1. The Morgan fingerprint density at radius 3 is 2.32 bits per heavy atom. The molecule has 4 unspecified atom stereocenters. The first kappa shape index (κ1) is 27.2. The molecule has 0 saturated carbocycles. The number of carboxylic acid groups (broad SMARTS) is 1. The van der Waals surface area contributed by atoms with E-state index in [4.69, 9.17) is 5.73 Å². The molecule has 1 aliphatic heterocycles. The highest BCUT2D eigenvalue weighted by atomic mass is 32.2. The lowest BCUT2D eigenvalue weighted by Crippen LogP contribution is -2.58. The van der Waals surface area contributed by atoms with Crippen molar-refractivity contribution < 1.29 is 24.3 Å². The third-order valence-electron chi connectivity index (χ3n) is 5.36. The number of aliphatic carboxylic acids is 1. The van der Waals surface area contributed by atoms with Crippen LogP contribution >= 0.6 is 11.8 Å². The molecule has 1 fully saturated rings. The van der Waals surface area contributed by atoms with Gasteiger partial charge >= 0.3 is 5.97 Å². The van der Waals surface area contributed by atoms with Gasteiger partial charge in [-0.2, -0.15) is 11.8 Å². The van der Waals surface area contributed by atoms with Crippen molar-refractivity contribution in [2.24, 2.45) is 17.6 Å². The number of carboxylic acids is 1. The van der Waals surface area contributed by atoms with Crippen molar-refractivity contribution in [2.45, 2.75) is 77.5 Å². The normalized spacial score (nSPS) is 19.2. The van der Waals surface area contributed by atoms with Gasteiger partial charge < -0.3 is 26.4 Å². The second-order valence-corrected chi connectivity index (χ2v) is 9.82. The molecule has 1 saturated heterocycles. The van der Waals surface area contributed by atoms with Crippen LogP contribution in [-0.2, 0) is 19.2 Å². The number of nitrogens with two attached hydrogens (primary N) is 1. The first-order valence-electron chi connectivity index (χ1n) is 10.9. The number of carbonyl (C=O) groups is 4. The fourth-order valence-electron chi connectivity index (χ4n) is 3.59. The Morgan fingerprint density at radius 1 is 1.16 bits per heavy atom. The highest BCUT2D eigenvalue weighted by molar-refractivity contribution is 7.98. The van der Waals surface area contributed by atoms with E-state index >= 15 is 0 Å². The van der Waals surface area contributed by atoms with Crippen LogP contribution in [-0.4, -0.2) is 76.4 Å². The van der Waals surface area contributed by atoms with Gasteiger partial charge in [-0.15, -0.1) is 0 Å². The molecule has 31 heavy (non-hydrogen) atoms. The zero-order valence-corrected chi connectivity index (χ0v) is 20.0. The van der Waals surface area contributed by atoms with Gasteiger partial charge in [0.25, 0.3) is 0 Å². The van der Waals surface area contributed by atoms with Crippen molar-refractivity contribution in [2.75, 3.05) is 18.6 Å². The largest absolute Gasteiger partial charge is 0.480 e. The fraction of sp³-hybridized carbons (Fsp3) is 0.810. The summed E-state index contributed by atoms with van der Waals surface area (Å²) >= 11 is 1.59. The predicted molar refractivity (Wildman–Crippen MR) is 121 cm³/mol. The molecule has 0 radical (unpaired) electrons. The maximum atomic E-state index is 13.2. The van der Waals surface area contributed by atoms with Crippen molar-refractivity contribution >= 4 is 35.5 Å². The van der Waals surface area contributed by atoms with Gasteiger partial charge in [0.2, 0.25) is 17.7 Å². The summed E-state index contributed by atoms with van der Waals surface area (Å²) in [4.78, 5) is 51.5. The standard InChI is InChI=1S/C21H38N4O5S/c1-12(2)11-15(21(29)30)23-19(27)16-7-6-9-25(16)20(28)17(13(3)4)24-18(26)14(22)8-10-31-5/h12-17H,6-11,22H2,1-5H3,(H,23,27)(H,24,26)(H,29,30). The van der Waals surface area contributed by atoms with Gasteiger partial charge in [-0.1, -0.05) is 27.7 Å². The van der Waals surface area contributed by atoms with Crippen molar-refractivity contribution in [3.63, 3.8) is 0 Å². The summed E-state index contributed by atoms with van der Waals surface area (Å²) in [5, 5.41) is 14.7. The Morgan fingerprint density at radius 2 is 1.81 bits per heavy atom. The zero-order chi connectivity index (χ0) is 23.7. The molecule has 10 heteroatoms. The van der Waals surface area contributed by atoms with Crippen molar-refractivity contribution in [1.29, 1.82) is 0 Å². The van der Waals surface area contributed by atoms with Crippen LogP contribution in [0.25, 0.3) is 0 Å². The van der Waals surface area contributed by atoms with Crippen LogP contribution in [0.3, 0.4) is 0 Å². The second-order valence-electron chi connectivity index (χ2n) is 8.84. The predicted octanol–water partition coefficient (Wildman–Crippen LogP) is 0.814. The fourth-order valence-corrected chi connectivity index (χ4v) is 4.08. The Hall–Kier alpha value is -1.81. The van der Waals surface area contributed by atoms with Crippen LogP contribution < -0.4 is 16.4 Å². The number of hydrogen-bond donors (Lipinski definition) is 4. The van der Waals surface area contributed by atoms with Gasteiger partial charge in [0.15, 0.2) is 0 Å². The summed E-state index contributed by atoms with van der Waals surface area (Å²) in [6.07, 6.45) is 3.84. The molecule has 0 aromatic heterocycles. The number of nitrogens with one attached hydrogen (secondary N) is 2. The van der Waals surface area contributed by atoms with Gasteiger partial charge in [-0.05, 0) is 49.5 Å². The molecule has 0 spiro atoms. The average molecular weight is 459 g/mol. The molecular weight excluding hydrogens is 420 g/mol. The molecule has 0 aliphatic carbocycles. The van der Waals surface area contributed by atoms with Crippen LogP contribution in [0.15, 0.2) is 0 Å². The summed E-state index contributed by atoms with van der Waals surface area (Å²) < 4.78 is 0. The van der Waals surface area contributed by atoms with E-state index in [0.29, 0.717) is 32.2 Å². The SMILES string of the molecule is CSCCC(N)C(=O)NC(C(=O)N1CCCC1C(=O)NC(CC(C)C)C(=O)O)C(C)C. The lowest BCUT2D eigenvalue weighted by molar-refractivity contribution is -0.145. The van der Waals surface area contributed by atoms with E-state index in [2.05, 4.69) is 10.6 Å². The van der Waals surface area contributed by atoms with Gasteiger partial charge in [0, 0.05) is 6.54 Å². The third-order valence-corrected chi connectivity index (χ3v) is 6.00. The van der Waals surface area contributed by atoms with Crippen molar-refractivity contribution in [3.8, 4) is 0 Å². The van der Waals surface area contributed by atoms with Crippen LogP contribution in [0.1, 0.15) is 53.4 Å². The van der Waals surface area contributed by atoms with Gasteiger partial charge in [0.05, 0.1) is 6.04 Å². The highest BCUT2D eigenvalue weighted by Crippen LogP contribution is 2.21. The summed E-state index contributed by atoms with van der Waals surface area (Å²) in [5.41, 5.74) is 5.93. The highest BCUT2D eigenvalue weighted by Gasteiger charge is 2.40. The van der Waals surface area contributed by atoms with E-state index in [1.807, 2.05) is 34.0 Å². The number of thioether (sulfide) groups is 1. The van der Waals surface area contributed by atoms with Gasteiger partial charge in [-0.25, -0.2) is 4.79 Å². The van der Waals surface area contributed by atoms with Crippen LogP contribution in [0.5, 0.6) is 0 Å². The van der Waals surface area contributed by atoms with E-state index in [1.54, 1.807) is 11.8 Å². The minimum absolute atomic E-state index is 0.0959. The molecule has 3 amide bonds. The molecule has 0 bridgehead atoms. The van der Waals surface area contributed by atoms with E-state index in [0.717, 1.165) is 5.75 Å². The Balaban J connectivity index is 2.88. The maximum Gasteiger partial charge on any atom is 0.326 e. The maximum absolute atomic E-state index is 13.2. The molecule has 9 nitrogen and oxygen atoms in total. The van der Waals surface area contributed by atoms with E-state index < -0.39 is 36.0 Å². The van der Waals surface area contributed by atoms with Crippen molar-refractivity contribution in [1.82, 2.24) is 15.5 Å². The second kappa shape index (κ2) is 12.9. The minimum atomic E-state index is -1.09. The number of carbonyl (C=O) groups excluding carboxylic acids is 3. The molecule has 0 aromatic carbocycles. The number of hydrogen-bond acceptors (Lipinski definition) is 6. The molecule has 1 rings (SSSR count). The first-order valence-corrected chi connectivity index (χ1v) is 12.3. The third kappa shape index (κ3) is 8.33. The van der Waals surface area contributed by atoms with E-state index in [9.17, 15) is 24.3 Å². The van der Waals surface area contributed by atoms with Crippen LogP contribution in [0.2, 0.25) is 0 Å². The Labute approximate surface area is 189 Å². The van der Waals surface area contributed by atoms with E-state index in [1.165, 1.54) is 4.90 Å². The van der Waals surface area contributed by atoms with Gasteiger partial charge in [0.1, 0.15) is 18.1 Å². The molecule has 4 atom stereocenters. The lowest BCUT2D eigenvalue weighted by Gasteiger charge is -2.31. The van der Waals surface area contributed by atoms with Crippen molar-refractivity contribution in [3.05, 3.63) is 0 Å². The summed E-state index contributed by atoms with van der Waals surface area (Å²) in [7, 11) is 0. The minimum Gasteiger partial charge on any atom is -0.480 e. The number of amides is 3. The van der Waals surface area contributed by atoms with Crippen LogP contribution in [0, 0.1) is 11.8 Å².